The number of hydrogen-bond donors (Lipinski definition) is 1. The summed E-state index contributed by atoms with van der Waals surface area (Å²) in [6.45, 7) is 7.89. The molecule has 31 heavy (non-hydrogen) atoms. The number of thioether (sulfide) groups is 1. The zero-order chi connectivity index (χ0) is 22.0. The Morgan fingerprint density at radius 3 is 2.48 bits per heavy atom. The van der Waals surface area contributed by atoms with Crippen LogP contribution in [0.3, 0.4) is 0 Å². The maximum atomic E-state index is 13.2. The van der Waals surface area contributed by atoms with Crippen molar-refractivity contribution in [3.05, 3.63) is 91.1 Å². The average Bonchev–Trinajstić information content (AvgIpc) is 3.28. The van der Waals surface area contributed by atoms with Gasteiger partial charge in [0.25, 0.3) is 0 Å². The quantitative estimate of drug-likeness (QED) is 0.418. The summed E-state index contributed by atoms with van der Waals surface area (Å²) in [6.07, 6.45) is 10.7. The van der Waals surface area contributed by atoms with Crippen molar-refractivity contribution in [1.82, 2.24) is 4.31 Å². The smallest absolute Gasteiger partial charge is 0.243 e. The lowest BCUT2D eigenvalue weighted by Gasteiger charge is -2.38. The molecule has 1 heterocycles. The molecule has 0 spiro atoms. The Bertz CT molecular complexity index is 1100. The third-order valence-electron chi connectivity index (χ3n) is 6.11. The van der Waals surface area contributed by atoms with Gasteiger partial charge in [-0.1, -0.05) is 36.4 Å². The van der Waals surface area contributed by atoms with Gasteiger partial charge < -0.3 is 5.32 Å². The lowest BCUT2D eigenvalue weighted by atomic mass is 9.77. The standard InChI is InChI=1S/C25H28N2O2S2/c1-4-15-27(16-5-2)31(28,29)20-13-14-24-23(17-20)21-7-6-8-22(21)25(26-24)18-9-11-19(30-3)12-10-18/h4-7,9-14,17,21-22,25-26H,1-2,8,15-16H2,3H3. The number of nitrogens with one attached hydrogen (secondary N) is 1. The van der Waals surface area contributed by atoms with Crippen LogP contribution in [0, 0.1) is 5.92 Å². The number of fused-ring (bicyclic) bond motifs is 3. The van der Waals surface area contributed by atoms with E-state index in [1.54, 1.807) is 30.0 Å². The Morgan fingerprint density at radius 2 is 1.84 bits per heavy atom. The predicted octanol–water partition coefficient (Wildman–Crippen LogP) is 5.60. The number of hydrogen-bond acceptors (Lipinski definition) is 4. The fourth-order valence-corrected chi connectivity index (χ4v) is 6.41. The van der Waals surface area contributed by atoms with E-state index in [-0.39, 0.29) is 25.0 Å². The van der Waals surface area contributed by atoms with E-state index in [9.17, 15) is 8.42 Å². The molecule has 1 aliphatic heterocycles. The fourth-order valence-electron chi connectivity index (χ4n) is 4.58. The molecule has 0 saturated carbocycles. The summed E-state index contributed by atoms with van der Waals surface area (Å²) in [7, 11) is -3.62. The molecule has 0 radical (unpaired) electrons. The molecule has 0 saturated heterocycles. The van der Waals surface area contributed by atoms with Crippen LogP contribution in [-0.2, 0) is 10.0 Å². The summed E-state index contributed by atoms with van der Waals surface area (Å²) in [6, 6.07) is 14.4. The van der Waals surface area contributed by atoms with Gasteiger partial charge in [0.15, 0.2) is 0 Å². The van der Waals surface area contributed by atoms with Crippen molar-refractivity contribution >= 4 is 27.5 Å². The van der Waals surface area contributed by atoms with Gasteiger partial charge >= 0.3 is 0 Å². The Kier molecular flexibility index (Phi) is 6.42. The predicted molar refractivity (Wildman–Crippen MR) is 130 cm³/mol. The van der Waals surface area contributed by atoms with E-state index in [1.807, 2.05) is 12.1 Å². The van der Waals surface area contributed by atoms with Crippen molar-refractivity contribution in [2.75, 3.05) is 24.7 Å². The molecule has 4 nitrogen and oxygen atoms in total. The van der Waals surface area contributed by atoms with Crippen LogP contribution in [0.2, 0.25) is 0 Å². The molecule has 3 atom stereocenters. The topological polar surface area (TPSA) is 49.4 Å². The van der Waals surface area contributed by atoms with Crippen molar-refractivity contribution in [1.29, 1.82) is 0 Å². The highest BCUT2D eigenvalue weighted by atomic mass is 32.2. The molecular weight excluding hydrogens is 424 g/mol. The van der Waals surface area contributed by atoms with Crippen molar-refractivity contribution in [3.8, 4) is 0 Å². The minimum absolute atomic E-state index is 0.198. The third kappa shape index (κ3) is 4.12. The Labute approximate surface area is 189 Å². The molecule has 0 fully saturated rings. The maximum Gasteiger partial charge on any atom is 0.243 e. The van der Waals surface area contributed by atoms with E-state index in [4.69, 9.17) is 0 Å². The van der Waals surface area contributed by atoms with Gasteiger partial charge in [-0.2, -0.15) is 4.31 Å². The van der Waals surface area contributed by atoms with Gasteiger partial charge in [0.2, 0.25) is 10.0 Å². The van der Waals surface area contributed by atoms with Gasteiger partial charge in [-0.3, -0.25) is 0 Å². The van der Waals surface area contributed by atoms with Gasteiger partial charge in [-0.05, 0) is 60.1 Å². The van der Waals surface area contributed by atoms with Gasteiger partial charge in [-0.25, -0.2) is 8.42 Å². The van der Waals surface area contributed by atoms with Crippen LogP contribution in [0.1, 0.15) is 29.5 Å². The average molecular weight is 453 g/mol. The highest BCUT2D eigenvalue weighted by Gasteiger charge is 2.38. The van der Waals surface area contributed by atoms with Gasteiger partial charge in [0, 0.05) is 29.6 Å². The van der Waals surface area contributed by atoms with Crippen molar-refractivity contribution in [3.63, 3.8) is 0 Å². The first-order valence-corrected chi connectivity index (χ1v) is 13.1. The molecule has 1 N–H and O–H groups in total. The molecule has 1 aliphatic carbocycles. The fraction of sp³-hybridized carbons (Fsp3) is 0.280. The second kappa shape index (κ2) is 9.07. The summed E-state index contributed by atoms with van der Waals surface area (Å²) in [5, 5.41) is 3.69. The molecule has 4 rings (SSSR count). The monoisotopic (exact) mass is 452 g/mol. The molecule has 0 amide bonds. The Hall–Kier alpha value is -2.28. The lowest BCUT2D eigenvalue weighted by Crippen LogP contribution is -2.32. The molecule has 6 heteroatoms. The van der Waals surface area contributed by atoms with Crippen LogP contribution in [0.4, 0.5) is 5.69 Å². The Morgan fingerprint density at radius 1 is 1.13 bits per heavy atom. The van der Waals surface area contributed by atoms with Crippen LogP contribution < -0.4 is 5.32 Å². The number of benzene rings is 2. The molecule has 162 valence electrons. The molecular formula is C25H28N2O2S2. The van der Waals surface area contributed by atoms with Crippen LogP contribution in [-0.4, -0.2) is 32.1 Å². The molecule has 2 aromatic carbocycles. The molecule has 2 aliphatic rings. The van der Waals surface area contributed by atoms with Gasteiger partial charge in [-0.15, -0.1) is 24.9 Å². The van der Waals surface area contributed by atoms with E-state index in [0.29, 0.717) is 10.8 Å². The van der Waals surface area contributed by atoms with Crippen molar-refractivity contribution < 1.29 is 8.42 Å². The van der Waals surface area contributed by atoms with Crippen LogP contribution >= 0.6 is 11.8 Å². The first kappa shape index (κ1) is 21.9. The summed E-state index contributed by atoms with van der Waals surface area (Å²) in [4.78, 5) is 1.57. The zero-order valence-electron chi connectivity index (χ0n) is 17.7. The number of allylic oxidation sites excluding steroid dienone is 2. The van der Waals surface area contributed by atoms with Crippen molar-refractivity contribution in [2.45, 2.75) is 28.2 Å². The normalized spacial score (nSPS) is 21.9. The number of sulfonamides is 1. The van der Waals surface area contributed by atoms with E-state index >= 15 is 0 Å². The molecule has 0 bridgehead atoms. The summed E-state index contributed by atoms with van der Waals surface area (Å²) in [5.74, 6) is 0.562. The number of rotatable bonds is 8. The highest BCUT2D eigenvalue weighted by Crippen LogP contribution is 2.50. The third-order valence-corrected chi connectivity index (χ3v) is 8.68. The summed E-state index contributed by atoms with van der Waals surface area (Å²) < 4.78 is 27.8. The first-order chi connectivity index (χ1) is 15.0. The SMILES string of the molecule is C=CCN(CC=C)S(=O)(=O)c1ccc2c(c1)C1C=CCC1C(c1ccc(SC)cc1)N2. The summed E-state index contributed by atoms with van der Waals surface area (Å²) >= 11 is 1.74. The van der Waals surface area contributed by atoms with Crippen LogP contribution in [0.25, 0.3) is 0 Å². The maximum absolute atomic E-state index is 13.2. The second-order valence-electron chi connectivity index (χ2n) is 7.90. The molecule has 2 aromatic rings. The van der Waals surface area contributed by atoms with Gasteiger partial charge in [0.1, 0.15) is 0 Å². The second-order valence-corrected chi connectivity index (χ2v) is 10.7. The molecule has 0 aromatic heterocycles. The lowest BCUT2D eigenvalue weighted by molar-refractivity contribution is 0.424. The molecule has 3 unspecified atom stereocenters. The minimum atomic E-state index is -3.62. The van der Waals surface area contributed by atoms with E-state index < -0.39 is 10.0 Å². The zero-order valence-corrected chi connectivity index (χ0v) is 19.3. The first-order valence-electron chi connectivity index (χ1n) is 10.4. The van der Waals surface area contributed by atoms with Crippen LogP contribution in [0.15, 0.2) is 89.7 Å². The highest BCUT2D eigenvalue weighted by molar-refractivity contribution is 7.98. The van der Waals surface area contributed by atoms with E-state index in [0.717, 1.165) is 17.7 Å². The van der Waals surface area contributed by atoms with E-state index in [1.165, 1.54) is 14.8 Å². The van der Waals surface area contributed by atoms with Gasteiger partial charge in [0.05, 0.1) is 10.9 Å². The number of nitrogens with zero attached hydrogens (tertiary/aromatic N) is 1. The van der Waals surface area contributed by atoms with Crippen molar-refractivity contribution in [2.24, 2.45) is 5.92 Å². The number of anilines is 1. The Balaban J connectivity index is 1.70. The van der Waals surface area contributed by atoms with E-state index in [2.05, 4.69) is 61.1 Å². The summed E-state index contributed by atoms with van der Waals surface area (Å²) in [5.41, 5.74) is 3.32. The van der Waals surface area contributed by atoms with Crippen LogP contribution in [0.5, 0.6) is 0 Å². The largest absolute Gasteiger partial charge is 0.378 e. The minimum Gasteiger partial charge on any atom is -0.378 e.